The molecule has 59 heavy (non-hydrogen) atoms. The van der Waals surface area contributed by atoms with Crippen molar-refractivity contribution >= 4 is 52.9 Å². The van der Waals surface area contributed by atoms with Gasteiger partial charge in [-0.2, -0.15) is 4.98 Å². The minimum absolute atomic E-state index is 0.0263. The third kappa shape index (κ3) is 8.84. The van der Waals surface area contributed by atoms with Gasteiger partial charge in [0, 0.05) is 23.9 Å². The van der Waals surface area contributed by atoms with Crippen molar-refractivity contribution in [1.82, 2.24) is 20.5 Å². The van der Waals surface area contributed by atoms with Crippen LogP contribution >= 0.6 is 11.6 Å². The molecule has 3 saturated carbocycles. The molecular formula is C42H55ClN6O10. The van der Waals surface area contributed by atoms with Gasteiger partial charge in [-0.3, -0.25) is 9.59 Å². The van der Waals surface area contributed by atoms with Crippen LogP contribution in [0.5, 0.6) is 5.75 Å². The third-order valence-corrected chi connectivity index (χ3v) is 12.2. The van der Waals surface area contributed by atoms with Gasteiger partial charge in [0.15, 0.2) is 0 Å². The lowest BCUT2D eigenvalue weighted by Crippen LogP contribution is -2.59. The van der Waals surface area contributed by atoms with E-state index in [1.54, 1.807) is 18.2 Å². The molecule has 3 aliphatic carbocycles. The lowest BCUT2D eigenvalue weighted by atomic mass is 9.85. The standard InChI is InChI=1S/C42H55ClN6O10/c1-8-24-18-42(24,38(53)55-7)48-36(51)30-16-26(19-49(30)37(52)35(41(4,5)6)47-40(54)59-25-14-22-13-23(22)15-25)58-32-17-28(29-20-57-39(46-29)44-21(2)3)45-34-27(32)9-10-31(33(34)43)56-12-11-50/h8-10,17,20-26,28,30,35,45,50H,1,11-16,18-19H2,2-7H3,(H,44,46)(H,47,54)(H,48,51)/t22-,23+,24-,25?,26-,28?,30+,35-,42?/m1/s1. The highest BCUT2D eigenvalue weighted by molar-refractivity contribution is 6.35. The van der Waals surface area contributed by atoms with Crippen LogP contribution in [0.3, 0.4) is 0 Å². The molecule has 0 spiro atoms. The number of esters is 1. The monoisotopic (exact) mass is 838 g/mol. The molecule has 2 aliphatic heterocycles. The highest BCUT2D eigenvalue weighted by Crippen LogP contribution is 2.52. The van der Waals surface area contributed by atoms with Crippen LogP contribution in [0.25, 0.3) is 5.76 Å². The average molecular weight is 839 g/mol. The minimum atomic E-state index is -1.31. The number of benzene rings is 1. The molecule has 2 aromatic rings. The Hall–Kier alpha value is -4.96. The summed E-state index contributed by atoms with van der Waals surface area (Å²) in [4.78, 5) is 61.5. The summed E-state index contributed by atoms with van der Waals surface area (Å²) in [7, 11) is 1.25. The smallest absolute Gasteiger partial charge is 0.408 e. The average Bonchev–Trinajstić information content (AvgIpc) is 3.85. The molecule has 1 saturated heterocycles. The molecule has 5 aliphatic rings. The van der Waals surface area contributed by atoms with Crippen LogP contribution in [0.4, 0.5) is 16.5 Å². The van der Waals surface area contributed by atoms with Crippen molar-refractivity contribution in [1.29, 1.82) is 0 Å². The van der Waals surface area contributed by atoms with Crippen molar-refractivity contribution in [3.05, 3.63) is 53.4 Å². The second-order valence-electron chi connectivity index (χ2n) is 17.6. The van der Waals surface area contributed by atoms with E-state index in [2.05, 4.69) is 32.8 Å². The number of nitrogens with one attached hydrogen (secondary N) is 4. The lowest BCUT2D eigenvalue weighted by Gasteiger charge is -2.35. The van der Waals surface area contributed by atoms with E-state index in [1.807, 2.05) is 40.7 Å². The highest BCUT2D eigenvalue weighted by atomic mass is 35.5. The number of likely N-dealkylation sites (tertiary alicyclic amines) is 1. The van der Waals surface area contributed by atoms with Crippen molar-refractivity contribution in [2.24, 2.45) is 23.2 Å². The van der Waals surface area contributed by atoms with Gasteiger partial charge < -0.3 is 54.6 Å². The Balaban J connectivity index is 1.19. The van der Waals surface area contributed by atoms with Gasteiger partial charge in [0.2, 0.25) is 11.8 Å². The fourth-order valence-electron chi connectivity index (χ4n) is 8.53. The molecule has 5 N–H and O–H groups in total. The zero-order chi connectivity index (χ0) is 42.4. The first kappa shape index (κ1) is 42.2. The summed E-state index contributed by atoms with van der Waals surface area (Å²) in [5.74, 6) is -0.112. The summed E-state index contributed by atoms with van der Waals surface area (Å²) >= 11 is 6.91. The van der Waals surface area contributed by atoms with Gasteiger partial charge in [0.05, 0.1) is 32.0 Å². The Morgan fingerprint density at radius 1 is 1.15 bits per heavy atom. The van der Waals surface area contributed by atoms with E-state index < -0.39 is 59.1 Å². The van der Waals surface area contributed by atoms with E-state index in [-0.39, 0.29) is 49.3 Å². The summed E-state index contributed by atoms with van der Waals surface area (Å²) in [6.07, 6.45) is 6.45. The fraction of sp³-hybridized carbons (Fsp3) is 0.595. The second kappa shape index (κ2) is 16.6. The van der Waals surface area contributed by atoms with E-state index >= 15 is 0 Å². The van der Waals surface area contributed by atoms with E-state index in [1.165, 1.54) is 24.7 Å². The van der Waals surface area contributed by atoms with Crippen molar-refractivity contribution in [2.45, 2.75) is 109 Å². The van der Waals surface area contributed by atoms with E-state index in [4.69, 9.17) is 35.0 Å². The van der Waals surface area contributed by atoms with Crippen molar-refractivity contribution < 1.29 is 47.6 Å². The molecule has 1 aromatic carbocycles. The number of aromatic nitrogens is 1. The maximum atomic E-state index is 14.8. The first-order valence-corrected chi connectivity index (χ1v) is 20.7. The number of aliphatic hydroxyl groups excluding tert-OH is 1. The Kier molecular flexibility index (Phi) is 11.9. The van der Waals surface area contributed by atoms with Gasteiger partial charge >= 0.3 is 12.1 Å². The summed E-state index contributed by atoms with van der Waals surface area (Å²) in [5, 5.41) is 21.9. The summed E-state index contributed by atoms with van der Waals surface area (Å²) in [6, 6.07) is 1.07. The number of amides is 3. The van der Waals surface area contributed by atoms with Gasteiger partial charge in [-0.05, 0) is 75.0 Å². The molecule has 7 rings (SSSR count). The maximum absolute atomic E-state index is 14.8. The fourth-order valence-corrected chi connectivity index (χ4v) is 8.80. The number of oxazole rings is 1. The van der Waals surface area contributed by atoms with Crippen LogP contribution in [-0.4, -0.2) is 102 Å². The van der Waals surface area contributed by atoms with Crippen LogP contribution in [0.1, 0.15) is 84.0 Å². The number of anilines is 2. The van der Waals surface area contributed by atoms with Gasteiger partial charge in [0.1, 0.15) is 64.9 Å². The number of aliphatic hydroxyl groups is 1. The summed E-state index contributed by atoms with van der Waals surface area (Å²) in [6.45, 7) is 13.0. The van der Waals surface area contributed by atoms with Crippen LogP contribution in [-0.2, 0) is 28.6 Å². The van der Waals surface area contributed by atoms with E-state index in [0.29, 0.717) is 52.7 Å². The molecule has 17 heteroatoms. The Morgan fingerprint density at radius 3 is 2.54 bits per heavy atom. The van der Waals surface area contributed by atoms with Crippen molar-refractivity contribution in [3.63, 3.8) is 0 Å². The minimum Gasteiger partial charge on any atom is -0.490 e. The van der Waals surface area contributed by atoms with Gasteiger partial charge in [0.25, 0.3) is 6.01 Å². The van der Waals surface area contributed by atoms with Crippen LogP contribution in [0.15, 0.2) is 41.5 Å². The van der Waals surface area contributed by atoms with Gasteiger partial charge in [-0.25, -0.2) is 9.59 Å². The van der Waals surface area contributed by atoms with Crippen LogP contribution in [0.2, 0.25) is 5.02 Å². The number of halogens is 1. The number of hydrogen-bond acceptors (Lipinski definition) is 13. The first-order valence-electron chi connectivity index (χ1n) is 20.3. The summed E-state index contributed by atoms with van der Waals surface area (Å²) < 4.78 is 29.0. The third-order valence-electron chi connectivity index (χ3n) is 11.8. The lowest BCUT2D eigenvalue weighted by molar-refractivity contribution is -0.148. The molecule has 3 heterocycles. The number of carbonyl (C=O) groups excluding carboxylic acids is 4. The van der Waals surface area contributed by atoms with E-state index in [0.717, 1.165) is 12.8 Å². The maximum Gasteiger partial charge on any atom is 0.408 e. The number of nitrogens with zero attached hydrogens (tertiary/aromatic N) is 2. The van der Waals surface area contributed by atoms with Crippen LogP contribution in [0, 0.1) is 23.2 Å². The molecule has 320 valence electrons. The predicted octanol–water partition coefficient (Wildman–Crippen LogP) is 5.19. The molecule has 4 fully saturated rings. The zero-order valence-electron chi connectivity index (χ0n) is 34.3. The number of ether oxygens (including phenoxy) is 4. The number of alkyl carbamates (subject to hydrolysis) is 1. The second-order valence-corrected chi connectivity index (χ2v) is 18.0. The van der Waals surface area contributed by atoms with Crippen molar-refractivity contribution in [3.8, 4) is 5.75 Å². The number of hydrogen-bond donors (Lipinski definition) is 5. The Bertz CT molecular complexity index is 1990. The SMILES string of the molecule is C=C[C@@H]1CC1(NC(=O)[C@@H]1C[C@@H](OC2=CC(c3coc(NC(C)C)n3)Nc3c2ccc(OCCO)c3Cl)CN1C(=O)[C@@H](NC(=O)OC1C[C@@H]2C[C@@H]2C1)C(C)(C)C)C(=O)OC. The molecule has 9 atom stereocenters. The first-order chi connectivity index (χ1) is 28.0. The molecule has 0 radical (unpaired) electrons. The zero-order valence-corrected chi connectivity index (χ0v) is 35.1. The van der Waals surface area contributed by atoms with Gasteiger partial charge in [-0.1, -0.05) is 38.4 Å². The molecule has 1 aromatic heterocycles. The number of carbonyl (C=O) groups is 4. The van der Waals surface area contributed by atoms with Gasteiger partial charge in [-0.15, -0.1) is 6.58 Å². The van der Waals surface area contributed by atoms with Crippen molar-refractivity contribution in [2.75, 3.05) is 37.5 Å². The molecular weight excluding hydrogens is 784 g/mol. The van der Waals surface area contributed by atoms with Crippen LogP contribution < -0.4 is 26.0 Å². The largest absolute Gasteiger partial charge is 0.490 e. The summed E-state index contributed by atoms with van der Waals surface area (Å²) in [5.41, 5.74) is -0.525. The normalized spacial score (nSPS) is 28.3. The molecule has 0 bridgehead atoms. The predicted molar refractivity (Wildman–Crippen MR) is 217 cm³/mol. The number of rotatable bonds is 15. The topological polar surface area (TPSA) is 203 Å². The Labute approximate surface area is 348 Å². The molecule has 16 nitrogen and oxygen atoms in total. The molecule has 3 amide bonds. The highest BCUT2D eigenvalue weighted by Gasteiger charge is 2.62. The quantitative estimate of drug-likeness (QED) is 0.116. The Morgan fingerprint density at radius 2 is 1.90 bits per heavy atom. The number of fused-ring (bicyclic) bond motifs is 2. The van der Waals surface area contributed by atoms with E-state index in [9.17, 15) is 24.3 Å². The number of methoxy groups -OCH3 is 1. The molecule has 3 unspecified atom stereocenters.